The van der Waals surface area contributed by atoms with Crippen LogP contribution in [0.4, 0.5) is 4.79 Å². The van der Waals surface area contributed by atoms with Crippen molar-refractivity contribution in [3.63, 3.8) is 0 Å². The molecule has 0 saturated heterocycles. The standard InChI is InChI=1S/C11H20O3/c1-7(2)9-5-4-8(3)10(6-9)14-11(12)13/h7-10H,4-6H2,1-3H3,(H,12,13). The first-order valence-electron chi connectivity index (χ1n) is 5.40. The molecule has 0 spiro atoms. The maximum Gasteiger partial charge on any atom is 0.506 e. The quantitative estimate of drug-likeness (QED) is 0.696. The molecule has 0 aromatic rings. The summed E-state index contributed by atoms with van der Waals surface area (Å²) in [6, 6.07) is 0. The molecule has 0 aromatic carbocycles. The van der Waals surface area contributed by atoms with E-state index in [1.807, 2.05) is 0 Å². The lowest BCUT2D eigenvalue weighted by Crippen LogP contribution is -2.33. The van der Waals surface area contributed by atoms with Gasteiger partial charge < -0.3 is 9.84 Å². The van der Waals surface area contributed by atoms with Gasteiger partial charge in [0, 0.05) is 0 Å². The van der Waals surface area contributed by atoms with Gasteiger partial charge in [-0.3, -0.25) is 0 Å². The Morgan fingerprint density at radius 1 is 1.43 bits per heavy atom. The Balaban J connectivity index is 2.50. The van der Waals surface area contributed by atoms with Crippen LogP contribution in [0.2, 0.25) is 0 Å². The van der Waals surface area contributed by atoms with Crippen molar-refractivity contribution < 1.29 is 14.6 Å². The van der Waals surface area contributed by atoms with Gasteiger partial charge in [0.1, 0.15) is 6.10 Å². The summed E-state index contributed by atoms with van der Waals surface area (Å²) < 4.78 is 4.90. The SMILES string of the molecule is CC(C)C1CCC(C)C(OC(=O)O)C1. The number of hydrogen-bond donors (Lipinski definition) is 1. The Bertz CT molecular complexity index is 201. The third kappa shape index (κ3) is 2.89. The predicted octanol–water partition coefficient (Wildman–Crippen LogP) is 3.14. The lowest BCUT2D eigenvalue weighted by molar-refractivity contribution is -0.00783. The summed E-state index contributed by atoms with van der Waals surface area (Å²) in [7, 11) is 0. The van der Waals surface area contributed by atoms with Gasteiger partial charge in [-0.25, -0.2) is 4.79 Å². The fourth-order valence-corrected chi connectivity index (χ4v) is 2.21. The first-order valence-corrected chi connectivity index (χ1v) is 5.40. The van der Waals surface area contributed by atoms with Crippen molar-refractivity contribution in [3.05, 3.63) is 0 Å². The molecule has 1 aliphatic carbocycles. The van der Waals surface area contributed by atoms with E-state index in [0.717, 1.165) is 12.8 Å². The molecule has 3 heteroatoms. The molecule has 1 N–H and O–H groups in total. The molecular weight excluding hydrogens is 180 g/mol. The van der Waals surface area contributed by atoms with Crippen LogP contribution >= 0.6 is 0 Å². The second-order valence-corrected chi connectivity index (χ2v) is 4.72. The number of carbonyl (C=O) groups is 1. The Kier molecular flexibility index (Phi) is 3.78. The summed E-state index contributed by atoms with van der Waals surface area (Å²) in [5.41, 5.74) is 0. The zero-order valence-electron chi connectivity index (χ0n) is 9.19. The Hall–Kier alpha value is -0.730. The largest absolute Gasteiger partial charge is 0.506 e. The molecule has 0 aromatic heterocycles. The maximum atomic E-state index is 10.5. The van der Waals surface area contributed by atoms with Crippen LogP contribution in [0.1, 0.15) is 40.0 Å². The van der Waals surface area contributed by atoms with Gasteiger partial charge in [0.25, 0.3) is 0 Å². The van der Waals surface area contributed by atoms with Gasteiger partial charge in [0.15, 0.2) is 0 Å². The van der Waals surface area contributed by atoms with Crippen molar-refractivity contribution in [1.82, 2.24) is 0 Å². The van der Waals surface area contributed by atoms with Crippen LogP contribution in [0, 0.1) is 17.8 Å². The smallest absolute Gasteiger partial charge is 0.450 e. The number of rotatable bonds is 2. The molecule has 3 unspecified atom stereocenters. The highest BCUT2D eigenvalue weighted by Crippen LogP contribution is 2.34. The molecule has 0 radical (unpaired) electrons. The number of ether oxygens (including phenoxy) is 1. The third-order valence-corrected chi connectivity index (χ3v) is 3.36. The van der Waals surface area contributed by atoms with Crippen molar-refractivity contribution >= 4 is 6.16 Å². The van der Waals surface area contributed by atoms with Crippen LogP contribution in [0.15, 0.2) is 0 Å². The number of carboxylic acid groups (broad SMARTS) is 1. The highest BCUT2D eigenvalue weighted by Gasteiger charge is 2.31. The lowest BCUT2D eigenvalue weighted by Gasteiger charge is -2.34. The van der Waals surface area contributed by atoms with Crippen LogP contribution in [0.3, 0.4) is 0 Å². The molecule has 0 aliphatic heterocycles. The van der Waals surface area contributed by atoms with Crippen molar-refractivity contribution in [2.24, 2.45) is 17.8 Å². The van der Waals surface area contributed by atoms with Crippen LogP contribution in [-0.4, -0.2) is 17.4 Å². The van der Waals surface area contributed by atoms with Gasteiger partial charge >= 0.3 is 6.16 Å². The van der Waals surface area contributed by atoms with Gasteiger partial charge in [-0.1, -0.05) is 20.8 Å². The van der Waals surface area contributed by atoms with Crippen LogP contribution in [-0.2, 0) is 4.74 Å². The minimum Gasteiger partial charge on any atom is -0.450 e. The lowest BCUT2D eigenvalue weighted by atomic mass is 9.76. The molecule has 1 fully saturated rings. The van der Waals surface area contributed by atoms with E-state index in [0.29, 0.717) is 17.8 Å². The van der Waals surface area contributed by atoms with Gasteiger partial charge in [-0.2, -0.15) is 0 Å². The van der Waals surface area contributed by atoms with E-state index >= 15 is 0 Å². The summed E-state index contributed by atoms with van der Waals surface area (Å²) in [5, 5.41) is 8.59. The zero-order chi connectivity index (χ0) is 10.7. The zero-order valence-corrected chi connectivity index (χ0v) is 9.19. The van der Waals surface area contributed by atoms with E-state index in [4.69, 9.17) is 9.84 Å². The van der Waals surface area contributed by atoms with Crippen molar-refractivity contribution in [1.29, 1.82) is 0 Å². The molecule has 1 rings (SSSR count). The monoisotopic (exact) mass is 200 g/mol. The molecule has 0 bridgehead atoms. The summed E-state index contributed by atoms with van der Waals surface area (Å²) in [4.78, 5) is 10.5. The van der Waals surface area contributed by atoms with E-state index in [2.05, 4.69) is 20.8 Å². The molecular formula is C11H20O3. The van der Waals surface area contributed by atoms with E-state index in [1.165, 1.54) is 6.42 Å². The predicted molar refractivity (Wildman–Crippen MR) is 54.2 cm³/mol. The Morgan fingerprint density at radius 2 is 2.07 bits per heavy atom. The Labute approximate surface area is 85.5 Å². The second kappa shape index (κ2) is 4.67. The second-order valence-electron chi connectivity index (χ2n) is 4.72. The molecule has 14 heavy (non-hydrogen) atoms. The highest BCUT2D eigenvalue weighted by atomic mass is 16.7. The summed E-state index contributed by atoms with van der Waals surface area (Å²) in [6.07, 6.45) is 1.96. The molecule has 0 heterocycles. The molecule has 1 saturated carbocycles. The normalized spacial score (nSPS) is 33.0. The van der Waals surface area contributed by atoms with E-state index in [9.17, 15) is 4.79 Å². The third-order valence-electron chi connectivity index (χ3n) is 3.36. The van der Waals surface area contributed by atoms with E-state index < -0.39 is 6.16 Å². The summed E-state index contributed by atoms with van der Waals surface area (Å²) >= 11 is 0. The summed E-state index contributed by atoms with van der Waals surface area (Å²) in [6.45, 7) is 6.46. The molecule has 82 valence electrons. The first-order chi connectivity index (χ1) is 6.50. The average Bonchev–Trinajstić information content (AvgIpc) is 2.07. The minimum absolute atomic E-state index is 0.0892. The first kappa shape index (κ1) is 11.3. The van der Waals surface area contributed by atoms with Crippen LogP contribution < -0.4 is 0 Å². The van der Waals surface area contributed by atoms with Crippen molar-refractivity contribution in [3.8, 4) is 0 Å². The fourth-order valence-electron chi connectivity index (χ4n) is 2.21. The average molecular weight is 200 g/mol. The van der Waals surface area contributed by atoms with E-state index in [1.54, 1.807) is 0 Å². The van der Waals surface area contributed by atoms with Crippen molar-refractivity contribution in [2.75, 3.05) is 0 Å². The van der Waals surface area contributed by atoms with Gasteiger partial charge in [0.2, 0.25) is 0 Å². The topological polar surface area (TPSA) is 46.5 Å². The van der Waals surface area contributed by atoms with Crippen molar-refractivity contribution in [2.45, 2.75) is 46.1 Å². The van der Waals surface area contributed by atoms with Crippen LogP contribution in [0.5, 0.6) is 0 Å². The number of hydrogen-bond acceptors (Lipinski definition) is 2. The summed E-state index contributed by atoms with van der Waals surface area (Å²) in [5.74, 6) is 1.62. The maximum absolute atomic E-state index is 10.5. The molecule has 1 aliphatic rings. The molecule has 3 atom stereocenters. The van der Waals surface area contributed by atoms with Gasteiger partial charge in [-0.15, -0.1) is 0 Å². The molecule has 0 amide bonds. The Morgan fingerprint density at radius 3 is 2.57 bits per heavy atom. The van der Waals surface area contributed by atoms with Gasteiger partial charge in [0.05, 0.1) is 0 Å². The van der Waals surface area contributed by atoms with E-state index in [-0.39, 0.29) is 6.10 Å². The van der Waals surface area contributed by atoms with Gasteiger partial charge in [-0.05, 0) is 37.0 Å². The fraction of sp³-hybridized carbons (Fsp3) is 0.909. The minimum atomic E-state index is -1.13. The van der Waals surface area contributed by atoms with Crippen LogP contribution in [0.25, 0.3) is 0 Å². The molecule has 3 nitrogen and oxygen atoms in total. The highest BCUT2D eigenvalue weighted by molar-refractivity contribution is 5.57.